The third-order valence-corrected chi connectivity index (χ3v) is 4.24. The molecule has 10 heteroatoms. The Morgan fingerprint density at radius 1 is 1.45 bits per heavy atom. The highest BCUT2D eigenvalue weighted by atomic mass is 79.9. The van der Waals surface area contributed by atoms with Crippen molar-refractivity contribution >= 4 is 31.6 Å². The number of nitrogens with zero attached hydrogens (tertiary/aromatic N) is 1. The maximum Gasteiger partial charge on any atom is 0.573 e. The fraction of sp³-hybridized carbons (Fsp3) is 0.300. The Hall–Kier alpha value is -1.47. The number of ether oxygens (including phenoxy) is 1. The largest absolute Gasteiger partial charge is 0.573 e. The van der Waals surface area contributed by atoms with Crippen LogP contribution in [0.2, 0.25) is 0 Å². The van der Waals surface area contributed by atoms with Gasteiger partial charge in [0.15, 0.2) is 5.25 Å². The minimum atomic E-state index is -4.85. The molecule has 0 heterocycles. The van der Waals surface area contributed by atoms with Gasteiger partial charge in [-0.05, 0) is 41.1 Å². The molecule has 0 aliphatic heterocycles. The molecule has 110 valence electrons. The van der Waals surface area contributed by atoms with Crippen LogP contribution in [0.15, 0.2) is 22.7 Å². The first-order valence-corrected chi connectivity index (χ1v) is 7.35. The SMILES string of the molecule is CC(C#N)S(=O)(=O)Nc1ccc(OC(F)(F)F)c(Br)c1. The molecule has 1 aromatic carbocycles. The molecule has 0 saturated heterocycles. The number of alkyl halides is 3. The molecule has 0 amide bonds. The van der Waals surface area contributed by atoms with Crippen LogP contribution in [0.4, 0.5) is 18.9 Å². The summed E-state index contributed by atoms with van der Waals surface area (Å²) >= 11 is 2.84. The molecule has 20 heavy (non-hydrogen) atoms. The van der Waals surface area contributed by atoms with E-state index in [-0.39, 0.29) is 10.2 Å². The van der Waals surface area contributed by atoms with Crippen molar-refractivity contribution in [2.45, 2.75) is 18.5 Å². The molecule has 0 aliphatic rings. The Bertz CT molecular complexity index is 640. The van der Waals surface area contributed by atoms with Crippen molar-refractivity contribution in [3.63, 3.8) is 0 Å². The fourth-order valence-corrected chi connectivity index (χ4v) is 2.32. The molecule has 1 unspecified atom stereocenters. The van der Waals surface area contributed by atoms with Crippen LogP contribution in [0, 0.1) is 11.3 Å². The van der Waals surface area contributed by atoms with Crippen molar-refractivity contribution < 1.29 is 26.3 Å². The Morgan fingerprint density at radius 3 is 2.50 bits per heavy atom. The molecular weight excluding hydrogens is 365 g/mol. The van der Waals surface area contributed by atoms with Crippen LogP contribution < -0.4 is 9.46 Å². The number of anilines is 1. The van der Waals surface area contributed by atoms with Crippen LogP contribution in [0.3, 0.4) is 0 Å². The highest BCUT2D eigenvalue weighted by Crippen LogP contribution is 2.32. The zero-order chi connectivity index (χ0) is 15.6. The van der Waals surface area contributed by atoms with Gasteiger partial charge in [0.25, 0.3) is 0 Å². The maximum absolute atomic E-state index is 12.1. The van der Waals surface area contributed by atoms with Crippen molar-refractivity contribution in [1.29, 1.82) is 5.26 Å². The van der Waals surface area contributed by atoms with Gasteiger partial charge in [-0.25, -0.2) is 8.42 Å². The third kappa shape index (κ3) is 4.57. The molecule has 0 saturated carbocycles. The van der Waals surface area contributed by atoms with Gasteiger partial charge in [0.2, 0.25) is 10.0 Å². The molecule has 5 nitrogen and oxygen atoms in total. The number of sulfonamides is 1. The number of nitriles is 1. The van der Waals surface area contributed by atoms with Crippen molar-refractivity contribution in [3.05, 3.63) is 22.7 Å². The van der Waals surface area contributed by atoms with E-state index in [4.69, 9.17) is 5.26 Å². The lowest BCUT2D eigenvalue weighted by molar-refractivity contribution is -0.274. The van der Waals surface area contributed by atoms with Crippen LogP contribution in [0.25, 0.3) is 0 Å². The van der Waals surface area contributed by atoms with E-state index in [2.05, 4.69) is 25.4 Å². The lowest BCUT2D eigenvalue weighted by Crippen LogP contribution is -2.23. The Kier molecular flexibility index (Phi) is 4.88. The Balaban J connectivity index is 2.97. The minimum absolute atomic E-state index is 0.00787. The van der Waals surface area contributed by atoms with Crippen molar-refractivity contribution in [2.75, 3.05) is 4.72 Å². The highest BCUT2D eigenvalue weighted by Gasteiger charge is 2.32. The summed E-state index contributed by atoms with van der Waals surface area (Å²) in [5, 5.41) is 7.25. The van der Waals surface area contributed by atoms with Crippen molar-refractivity contribution in [3.8, 4) is 11.8 Å². The number of hydrogen-bond donors (Lipinski definition) is 1. The summed E-state index contributed by atoms with van der Waals surface area (Å²) in [5.74, 6) is -0.506. The molecule has 0 bridgehead atoms. The van der Waals surface area contributed by atoms with E-state index < -0.39 is 27.4 Å². The molecule has 1 atom stereocenters. The number of benzene rings is 1. The van der Waals surface area contributed by atoms with Crippen molar-refractivity contribution in [2.24, 2.45) is 0 Å². The first kappa shape index (κ1) is 16.6. The first-order chi connectivity index (χ1) is 9.05. The van der Waals surface area contributed by atoms with E-state index in [0.29, 0.717) is 0 Å². The smallest absolute Gasteiger partial charge is 0.405 e. The summed E-state index contributed by atoms with van der Waals surface area (Å²) in [6, 6.07) is 4.69. The topological polar surface area (TPSA) is 79.2 Å². The van der Waals surface area contributed by atoms with Gasteiger partial charge >= 0.3 is 6.36 Å². The second-order valence-electron chi connectivity index (χ2n) is 3.61. The van der Waals surface area contributed by atoms with Gasteiger partial charge in [0, 0.05) is 5.69 Å². The van der Waals surface area contributed by atoms with Gasteiger partial charge in [0.05, 0.1) is 10.5 Å². The molecule has 0 spiro atoms. The summed E-state index contributed by atoms with van der Waals surface area (Å²) in [7, 11) is -3.92. The van der Waals surface area contributed by atoms with Gasteiger partial charge in [-0.3, -0.25) is 4.72 Å². The van der Waals surface area contributed by atoms with E-state index in [0.717, 1.165) is 18.2 Å². The molecular formula is C10H8BrF3N2O3S. The summed E-state index contributed by atoms with van der Waals surface area (Å²) in [5.41, 5.74) is 0.00787. The van der Waals surface area contributed by atoms with E-state index in [1.807, 2.05) is 0 Å². The van der Waals surface area contributed by atoms with Gasteiger partial charge in [0.1, 0.15) is 5.75 Å². The second kappa shape index (κ2) is 5.88. The fourth-order valence-electron chi connectivity index (χ4n) is 1.09. The van der Waals surface area contributed by atoms with Crippen LogP contribution in [-0.2, 0) is 10.0 Å². The summed E-state index contributed by atoms with van der Waals surface area (Å²) in [6.45, 7) is 1.18. The molecule has 1 N–H and O–H groups in total. The molecule has 0 aromatic heterocycles. The van der Waals surface area contributed by atoms with Gasteiger partial charge in [-0.2, -0.15) is 5.26 Å². The van der Waals surface area contributed by atoms with Gasteiger partial charge in [-0.15, -0.1) is 13.2 Å². The van der Waals surface area contributed by atoms with Crippen LogP contribution in [0.1, 0.15) is 6.92 Å². The molecule has 0 radical (unpaired) electrons. The average molecular weight is 373 g/mol. The van der Waals surface area contributed by atoms with Crippen LogP contribution in [0.5, 0.6) is 5.75 Å². The first-order valence-electron chi connectivity index (χ1n) is 5.02. The van der Waals surface area contributed by atoms with Gasteiger partial charge in [-0.1, -0.05) is 0 Å². The Morgan fingerprint density at radius 2 is 2.05 bits per heavy atom. The lowest BCUT2D eigenvalue weighted by atomic mass is 10.3. The van der Waals surface area contributed by atoms with E-state index in [1.54, 1.807) is 6.07 Å². The standard InChI is InChI=1S/C10H8BrF3N2O3S/c1-6(5-15)20(17,18)16-7-2-3-9(8(11)4-7)19-10(12,13)14/h2-4,6,16H,1H3. The zero-order valence-corrected chi connectivity index (χ0v) is 12.3. The zero-order valence-electron chi connectivity index (χ0n) is 9.90. The van der Waals surface area contributed by atoms with Crippen LogP contribution >= 0.6 is 15.9 Å². The van der Waals surface area contributed by atoms with E-state index in [1.165, 1.54) is 6.92 Å². The number of hydrogen-bond acceptors (Lipinski definition) is 4. The summed E-state index contributed by atoms with van der Waals surface area (Å²) in [6.07, 6.45) is -4.85. The number of rotatable bonds is 4. The normalized spacial score (nSPS) is 13.4. The van der Waals surface area contributed by atoms with Crippen molar-refractivity contribution in [1.82, 2.24) is 0 Å². The minimum Gasteiger partial charge on any atom is -0.405 e. The van der Waals surface area contributed by atoms with Crippen LogP contribution in [-0.4, -0.2) is 20.0 Å². The molecule has 0 aliphatic carbocycles. The number of halogens is 4. The summed E-state index contributed by atoms with van der Waals surface area (Å²) in [4.78, 5) is 0. The average Bonchev–Trinajstić information content (AvgIpc) is 2.29. The highest BCUT2D eigenvalue weighted by molar-refractivity contribution is 9.10. The molecule has 0 fully saturated rings. The lowest BCUT2D eigenvalue weighted by Gasteiger charge is -2.13. The Labute approximate surface area is 121 Å². The van der Waals surface area contributed by atoms with E-state index in [9.17, 15) is 21.6 Å². The monoisotopic (exact) mass is 372 g/mol. The van der Waals surface area contributed by atoms with Gasteiger partial charge < -0.3 is 4.74 Å². The maximum atomic E-state index is 12.1. The molecule has 1 aromatic rings. The summed E-state index contributed by atoms with van der Waals surface area (Å²) < 4.78 is 65.1. The number of nitrogens with one attached hydrogen (secondary N) is 1. The van der Waals surface area contributed by atoms with E-state index >= 15 is 0 Å². The third-order valence-electron chi connectivity index (χ3n) is 2.06. The quantitative estimate of drug-likeness (QED) is 0.880. The predicted octanol–water partition coefficient (Wildman–Crippen LogP) is 3.00. The molecule has 1 rings (SSSR count). The second-order valence-corrected chi connectivity index (χ2v) is 6.47. The predicted molar refractivity (Wildman–Crippen MR) is 68.4 cm³/mol.